The summed E-state index contributed by atoms with van der Waals surface area (Å²) in [7, 11) is -3.72. The van der Waals surface area contributed by atoms with Gasteiger partial charge in [0.05, 0.1) is 6.61 Å². The summed E-state index contributed by atoms with van der Waals surface area (Å²) in [5.41, 5.74) is 2.55. The van der Waals surface area contributed by atoms with Gasteiger partial charge in [0.15, 0.2) is 5.75 Å². The summed E-state index contributed by atoms with van der Waals surface area (Å²) < 4.78 is 30.5. The Morgan fingerprint density at radius 3 is 3.00 bits per heavy atom. The molecule has 0 aromatic heterocycles. The maximum Gasteiger partial charge on any atom is 0.323 e. The van der Waals surface area contributed by atoms with Crippen LogP contribution in [0.4, 0.5) is 11.4 Å². The van der Waals surface area contributed by atoms with E-state index in [4.69, 9.17) is 0 Å². The van der Waals surface area contributed by atoms with Crippen molar-refractivity contribution in [2.45, 2.75) is 13.3 Å². The van der Waals surface area contributed by atoms with E-state index < -0.39 is 21.7 Å². The highest BCUT2D eigenvalue weighted by Crippen LogP contribution is 2.25. The van der Waals surface area contributed by atoms with Crippen molar-refractivity contribution < 1.29 is 17.9 Å². The predicted molar refractivity (Wildman–Crippen MR) is 72.7 cm³/mol. The maximum absolute atomic E-state index is 11.8. The van der Waals surface area contributed by atoms with E-state index in [-0.39, 0.29) is 6.61 Å². The Kier molecular flexibility index (Phi) is 3.94. The minimum atomic E-state index is -3.72. The third-order valence-corrected chi connectivity index (χ3v) is 3.86. The Labute approximate surface area is 112 Å². The van der Waals surface area contributed by atoms with Gasteiger partial charge in [0.25, 0.3) is 0 Å². The number of sulfonamides is 1. The molecule has 0 amide bonds. The zero-order chi connectivity index (χ0) is 13.9. The van der Waals surface area contributed by atoms with Gasteiger partial charge in [0, 0.05) is 17.9 Å². The molecule has 0 spiro atoms. The molecule has 0 saturated carbocycles. The number of nitrogens with one attached hydrogen (secondary N) is 2. The molecule has 0 bridgehead atoms. The van der Waals surface area contributed by atoms with Gasteiger partial charge in [0.2, 0.25) is 10.0 Å². The topological polar surface area (TPSA) is 84.5 Å². The van der Waals surface area contributed by atoms with E-state index in [2.05, 4.69) is 14.8 Å². The van der Waals surface area contributed by atoms with Crippen molar-refractivity contribution in [2.24, 2.45) is 0 Å². The number of hydrogen-bond acceptors (Lipinski definition) is 5. The fourth-order valence-electron chi connectivity index (χ4n) is 1.94. The van der Waals surface area contributed by atoms with Gasteiger partial charge in [-0.05, 0) is 37.1 Å². The van der Waals surface area contributed by atoms with E-state index in [9.17, 15) is 13.2 Å². The molecule has 6 nitrogen and oxygen atoms in total. The van der Waals surface area contributed by atoms with Crippen molar-refractivity contribution in [2.75, 3.05) is 28.9 Å². The number of fused-ring (bicyclic) bond motifs is 1. The van der Waals surface area contributed by atoms with Gasteiger partial charge in [0.1, 0.15) is 0 Å². The van der Waals surface area contributed by atoms with Crippen LogP contribution in [0.1, 0.15) is 12.5 Å². The molecular formula is C12H16N2O4S. The molecule has 1 aromatic carbocycles. The Balaban J connectivity index is 2.06. The largest absolute Gasteiger partial charge is 0.465 e. The number of anilines is 2. The molecule has 0 radical (unpaired) electrons. The van der Waals surface area contributed by atoms with Crippen LogP contribution in [0.2, 0.25) is 0 Å². The normalized spacial score (nSPS) is 13.5. The Morgan fingerprint density at radius 2 is 2.26 bits per heavy atom. The van der Waals surface area contributed by atoms with Crippen LogP contribution in [0.25, 0.3) is 0 Å². The summed E-state index contributed by atoms with van der Waals surface area (Å²) in [4.78, 5) is 11.2. The van der Waals surface area contributed by atoms with E-state index in [1.807, 2.05) is 6.07 Å². The van der Waals surface area contributed by atoms with Gasteiger partial charge >= 0.3 is 5.97 Å². The molecular weight excluding hydrogens is 268 g/mol. The monoisotopic (exact) mass is 284 g/mol. The highest BCUT2D eigenvalue weighted by atomic mass is 32.2. The number of carbonyl (C=O) groups is 1. The molecule has 19 heavy (non-hydrogen) atoms. The van der Waals surface area contributed by atoms with Crippen LogP contribution >= 0.6 is 0 Å². The second kappa shape index (κ2) is 5.48. The number of ether oxygens (including phenoxy) is 1. The van der Waals surface area contributed by atoms with Gasteiger partial charge in [-0.25, -0.2) is 8.42 Å². The summed E-state index contributed by atoms with van der Waals surface area (Å²) in [6.07, 6.45) is 0.864. The number of rotatable bonds is 5. The second-order valence-electron chi connectivity index (χ2n) is 4.21. The fourth-order valence-corrected chi connectivity index (χ4v) is 2.89. The van der Waals surface area contributed by atoms with Crippen LogP contribution in [-0.4, -0.2) is 33.3 Å². The second-order valence-corrected chi connectivity index (χ2v) is 5.94. The van der Waals surface area contributed by atoms with Crippen LogP contribution in [0, 0.1) is 0 Å². The van der Waals surface area contributed by atoms with Crippen LogP contribution < -0.4 is 10.0 Å². The average molecular weight is 284 g/mol. The van der Waals surface area contributed by atoms with E-state index in [0.717, 1.165) is 24.2 Å². The standard InChI is InChI=1S/C12H16N2O4S/c1-2-18-12(15)8-19(16,17)14-10-3-4-11-9(7-10)5-6-13-11/h3-4,7,13-14H,2,5-6,8H2,1H3. The van der Waals surface area contributed by atoms with E-state index >= 15 is 0 Å². The zero-order valence-corrected chi connectivity index (χ0v) is 11.4. The Morgan fingerprint density at radius 1 is 1.47 bits per heavy atom. The van der Waals surface area contributed by atoms with Gasteiger partial charge in [-0.2, -0.15) is 0 Å². The van der Waals surface area contributed by atoms with Gasteiger partial charge in [-0.3, -0.25) is 9.52 Å². The molecule has 0 aliphatic carbocycles. The fraction of sp³-hybridized carbons (Fsp3) is 0.417. The molecule has 104 valence electrons. The third-order valence-electron chi connectivity index (χ3n) is 2.70. The first-order chi connectivity index (χ1) is 9.00. The van der Waals surface area contributed by atoms with Crippen LogP contribution in [0.15, 0.2) is 18.2 Å². The summed E-state index contributed by atoms with van der Waals surface area (Å²) in [6.45, 7) is 2.65. The maximum atomic E-state index is 11.8. The first-order valence-electron chi connectivity index (χ1n) is 6.03. The molecule has 1 aliphatic heterocycles. The first kappa shape index (κ1) is 13.7. The van der Waals surface area contributed by atoms with Gasteiger partial charge < -0.3 is 10.1 Å². The number of carbonyl (C=O) groups excluding carboxylic acids is 1. The Bertz CT molecular complexity index is 583. The molecule has 0 fully saturated rings. The number of hydrogen-bond donors (Lipinski definition) is 2. The summed E-state index contributed by atoms with van der Waals surface area (Å²) in [6, 6.07) is 5.27. The highest BCUT2D eigenvalue weighted by Gasteiger charge is 2.18. The van der Waals surface area contributed by atoms with E-state index in [1.54, 1.807) is 19.1 Å². The van der Waals surface area contributed by atoms with Crippen molar-refractivity contribution >= 4 is 27.4 Å². The predicted octanol–water partition coefficient (Wildman–Crippen LogP) is 0.959. The van der Waals surface area contributed by atoms with Crippen molar-refractivity contribution in [1.82, 2.24) is 0 Å². The smallest absolute Gasteiger partial charge is 0.323 e. The molecule has 0 saturated heterocycles. The minimum absolute atomic E-state index is 0.166. The van der Waals surface area contributed by atoms with Crippen molar-refractivity contribution in [3.05, 3.63) is 23.8 Å². The number of benzene rings is 1. The molecule has 2 N–H and O–H groups in total. The third kappa shape index (κ3) is 3.60. The molecule has 1 aliphatic rings. The quantitative estimate of drug-likeness (QED) is 0.787. The van der Waals surface area contributed by atoms with Crippen molar-refractivity contribution in [3.63, 3.8) is 0 Å². The van der Waals surface area contributed by atoms with Crippen LogP contribution in [0.3, 0.4) is 0 Å². The zero-order valence-electron chi connectivity index (χ0n) is 10.6. The lowest BCUT2D eigenvalue weighted by Crippen LogP contribution is -2.24. The lowest BCUT2D eigenvalue weighted by molar-refractivity contribution is -0.139. The molecule has 0 unspecified atom stereocenters. The van der Waals surface area contributed by atoms with Gasteiger partial charge in [-0.1, -0.05) is 0 Å². The molecule has 7 heteroatoms. The molecule has 2 rings (SSSR count). The summed E-state index contributed by atoms with van der Waals surface area (Å²) in [5.74, 6) is -1.42. The lowest BCUT2D eigenvalue weighted by atomic mass is 10.1. The summed E-state index contributed by atoms with van der Waals surface area (Å²) in [5, 5.41) is 3.19. The minimum Gasteiger partial charge on any atom is -0.465 e. The van der Waals surface area contributed by atoms with E-state index in [0.29, 0.717) is 5.69 Å². The highest BCUT2D eigenvalue weighted by molar-refractivity contribution is 7.93. The van der Waals surface area contributed by atoms with Crippen molar-refractivity contribution in [1.29, 1.82) is 0 Å². The molecule has 0 atom stereocenters. The SMILES string of the molecule is CCOC(=O)CS(=O)(=O)Nc1ccc2c(c1)CCN2. The lowest BCUT2D eigenvalue weighted by Gasteiger charge is -2.09. The average Bonchev–Trinajstić information content (AvgIpc) is 2.74. The number of esters is 1. The van der Waals surface area contributed by atoms with E-state index in [1.165, 1.54) is 0 Å². The molecule has 1 aromatic rings. The molecule has 1 heterocycles. The van der Waals surface area contributed by atoms with Crippen LogP contribution in [0.5, 0.6) is 0 Å². The Hall–Kier alpha value is -1.76. The van der Waals surface area contributed by atoms with Gasteiger partial charge in [-0.15, -0.1) is 0 Å². The first-order valence-corrected chi connectivity index (χ1v) is 7.68. The summed E-state index contributed by atoms with van der Waals surface area (Å²) >= 11 is 0. The van der Waals surface area contributed by atoms with Crippen molar-refractivity contribution in [3.8, 4) is 0 Å². The van der Waals surface area contributed by atoms with Crippen LogP contribution in [-0.2, 0) is 26.0 Å².